The molecule has 0 radical (unpaired) electrons. The minimum atomic E-state index is -0.147. The number of carbonyl (C=O) groups is 1. The van der Waals surface area contributed by atoms with E-state index in [9.17, 15) is 4.79 Å². The molecule has 1 saturated heterocycles. The molecule has 0 bridgehead atoms. The van der Waals surface area contributed by atoms with Crippen LogP contribution >= 0.6 is 0 Å². The first kappa shape index (κ1) is 17.4. The third-order valence-electron chi connectivity index (χ3n) is 4.87. The summed E-state index contributed by atoms with van der Waals surface area (Å²) >= 11 is 0. The summed E-state index contributed by atoms with van der Waals surface area (Å²) in [7, 11) is 0. The average Bonchev–Trinajstić information content (AvgIpc) is 2.65. The maximum Gasteiger partial charge on any atom is 0.241 e. The molecule has 1 aliphatic rings. The Kier molecular flexibility index (Phi) is 5.34. The van der Waals surface area contributed by atoms with Crippen LogP contribution in [0.3, 0.4) is 0 Å². The topological polar surface area (TPSA) is 48.5 Å². The fraction of sp³-hybridized carbons (Fsp3) is 0.400. The van der Waals surface area contributed by atoms with Crippen molar-refractivity contribution < 1.29 is 4.79 Å². The molecule has 25 heavy (non-hydrogen) atoms. The van der Waals surface area contributed by atoms with Gasteiger partial charge in [0.05, 0.1) is 6.04 Å². The van der Waals surface area contributed by atoms with Gasteiger partial charge in [0.25, 0.3) is 0 Å². The molecular weight excluding hydrogens is 312 g/mol. The Morgan fingerprint density at radius 3 is 2.56 bits per heavy atom. The number of anilines is 2. The number of aryl methyl sites for hydroxylation is 2. The molecule has 0 unspecified atom stereocenters. The maximum absolute atomic E-state index is 12.6. The van der Waals surface area contributed by atoms with Gasteiger partial charge in [-0.3, -0.25) is 9.69 Å². The summed E-state index contributed by atoms with van der Waals surface area (Å²) in [4.78, 5) is 21.6. The van der Waals surface area contributed by atoms with Gasteiger partial charge in [0, 0.05) is 38.1 Å². The van der Waals surface area contributed by atoms with Gasteiger partial charge in [0.1, 0.15) is 5.82 Å². The van der Waals surface area contributed by atoms with Crippen LogP contribution < -0.4 is 10.2 Å². The Balaban J connectivity index is 1.57. The van der Waals surface area contributed by atoms with Crippen LogP contribution in [0.15, 0.2) is 42.6 Å². The number of nitrogens with zero attached hydrogens (tertiary/aromatic N) is 3. The molecule has 1 fully saturated rings. The molecule has 2 aromatic rings. The van der Waals surface area contributed by atoms with E-state index in [0.29, 0.717) is 0 Å². The molecule has 2 heterocycles. The molecular formula is C20H26N4O. The van der Waals surface area contributed by atoms with Crippen molar-refractivity contribution in [1.29, 1.82) is 0 Å². The number of nitrogens with one attached hydrogen (secondary N) is 1. The van der Waals surface area contributed by atoms with Gasteiger partial charge in [-0.25, -0.2) is 4.98 Å². The van der Waals surface area contributed by atoms with Gasteiger partial charge < -0.3 is 10.2 Å². The monoisotopic (exact) mass is 338 g/mol. The van der Waals surface area contributed by atoms with Crippen molar-refractivity contribution in [3.8, 4) is 0 Å². The van der Waals surface area contributed by atoms with Crippen LogP contribution in [-0.4, -0.2) is 48.0 Å². The van der Waals surface area contributed by atoms with Crippen LogP contribution in [0.25, 0.3) is 0 Å². The number of carbonyl (C=O) groups excluding carboxylic acids is 1. The van der Waals surface area contributed by atoms with Crippen LogP contribution in [0, 0.1) is 13.8 Å². The summed E-state index contributed by atoms with van der Waals surface area (Å²) in [6, 6.07) is 12.0. The van der Waals surface area contributed by atoms with E-state index in [1.54, 1.807) is 0 Å². The van der Waals surface area contributed by atoms with E-state index in [4.69, 9.17) is 0 Å². The Hall–Kier alpha value is -2.40. The molecule has 0 saturated carbocycles. The zero-order valence-corrected chi connectivity index (χ0v) is 15.2. The molecule has 1 amide bonds. The van der Waals surface area contributed by atoms with Crippen LogP contribution in [-0.2, 0) is 4.79 Å². The first-order valence-corrected chi connectivity index (χ1v) is 8.83. The Morgan fingerprint density at radius 2 is 1.88 bits per heavy atom. The zero-order chi connectivity index (χ0) is 17.8. The van der Waals surface area contributed by atoms with Gasteiger partial charge in [-0.1, -0.05) is 18.2 Å². The van der Waals surface area contributed by atoms with Crippen molar-refractivity contribution in [2.45, 2.75) is 26.8 Å². The van der Waals surface area contributed by atoms with Crippen molar-refractivity contribution in [2.75, 3.05) is 36.4 Å². The minimum Gasteiger partial charge on any atom is -0.354 e. The van der Waals surface area contributed by atoms with E-state index in [2.05, 4.69) is 26.2 Å². The number of pyridine rings is 1. The summed E-state index contributed by atoms with van der Waals surface area (Å²) in [6.45, 7) is 9.53. The van der Waals surface area contributed by atoms with Gasteiger partial charge in [-0.15, -0.1) is 0 Å². The molecule has 5 heteroatoms. The molecule has 1 aliphatic heterocycles. The highest BCUT2D eigenvalue weighted by atomic mass is 16.2. The lowest BCUT2D eigenvalue weighted by molar-refractivity contribution is -0.120. The lowest BCUT2D eigenvalue weighted by atomic mass is 10.1. The highest BCUT2D eigenvalue weighted by Gasteiger charge is 2.26. The summed E-state index contributed by atoms with van der Waals surface area (Å²) in [5.41, 5.74) is 3.15. The van der Waals surface area contributed by atoms with Gasteiger partial charge in [-0.05, 0) is 50.1 Å². The van der Waals surface area contributed by atoms with Crippen molar-refractivity contribution in [3.63, 3.8) is 0 Å². The fourth-order valence-electron chi connectivity index (χ4n) is 3.15. The largest absolute Gasteiger partial charge is 0.354 e. The summed E-state index contributed by atoms with van der Waals surface area (Å²) in [5.74, 6) is 1.06. The predicted octanol–water partition coefficient (Wildman–Crippen LogP) is 2.85. The third-order valence-corrected chi connectivity index (χ3v) is 4.87. The van der Waals surface area contributed by atoms with Crippen LogP contribution in [0.5, 0.6) is 0 Å². The Morgan fingerprint density at radius 1 is 1.12 bits per heavy atom. The molecule has 1 atom stereocenters. The van der Waals surface area contributed by atoms with Crippen molar-refractivity contribution >= 4 is 17.4 Å². The number of rotatable bonds is 4. The number of aromatic nitrogens is 1. The second kappa shape index (κ2) is 7.66. The van der Waals surface area contributed by atoms with E-state index >= 15 is 0 Å². The fourth-order valence-corrected chi connectivity index (χ4v) is 3.15. The molecule has 5 nitrogen and oxygen atoms in total. The van der Waals surface area contributed by atoms with Gasteiger partial charge in [-0.2, -0.15) is 0 Å². The molecule has 1 aromatic heterocycles. The number of hydrogen-bond donors (Lipinski definition) is 1. The highest BCUT2D eigenvalue weighted by molar-refractivity contribution is 5.95. The van der Waals surface area contributed by atoms with Crippen molar-refractivity contribution in [3.05, 3.63) is 53.7 Å². The van der Waals surface area contributed by atoms with E-state index in [-0.39, 0.29) is 11.9 Å². The molecule has 132 valence electrons. The standard InChI is InChI=1S/C20H26N4O/c1-15-7-8-16(2)18(14-15)22-20(25)17(3)23-10-12-24(13-11-23)19-6-4-5-9-21-19/h4-9,14,17H,10-13H2,1-3H3,(H,22,25)/t17-/m0/s1. The van der Waals surface area contributed by atoms with E-state index in [0.717, 1.165) is 48.8 Å². The molecule has 3 rings (SSSR count). The number of benzene rings is 1. The smallest absolute Gasteiger partial charge is 0.241 e. The summed E-state index contributed by atoms with van der Waals surface area (Å²) in [5, 5.41) is 3.08. The van der Waals surface area contributed by atoms with Crippen molar-refractivity contribution in [2.24, 2.45) is 0 Å². The molecule has 0 aliphatic carbocycles. The van der Waals surface area contributed by atoms with Crippen LogP contribution in [0.2, 0.25) is 0 Å². The first-order valence-electron chi connectivity index (χ1n) is 8.83. The van der Waals surface area contributed by atoms with Gasteiger partial charge in [0.15, 0.2) is 0 Å². The van der Waals surface area contributed by atoms with Crippen LogP contribution in [0.1, 0.15) is 18.1 Å². The second-order valence-electron chi connectivity index (χ2n) is 6.69. The van der Waals surface area contributed by atoms with Crippen molar-refractivity contribution in [1.82, 2.24) is 9.88 Å². The second-order valence-corrected chi connectivity index (χ2v) is 6.69. The normalized spacial score (nSPS) is 16.5. The number of piperazine rings is 1. The Labute approximate surface area is 149 Å². The maximum atomic E-state index is 12.6. The number of amides is 1. The van der Waals surface area contributed by atoms with E-state index < -0.39 is 0 Å². The minimum absolute atomic E-state index is 0.0555. The lowest BCUT2D eigenvalue weighted by Crippen LogP contribution is -2.53. The van der Waals surface area contributed by atoms with E-state index in [1.807, 2.05) is 57.3 Å². The SMILES string of the molecule is Cc1ccc(C)c(NC(=O)[C@H](C)N2CCN(c3ccccn3)CC2)c1. The quantitative estimate of drug-likeness (QED) is 0.931. The summed E-state index contributed by atoms with van der Waals surface area (Å²) < 4.78 is 0. The Bertz CT molecular complexity index is 724. The van der Waals surface area contributed by atoms with Gasteiger partial charge in [0.2, 0.25) is 5.91 Å². The lowest BCUT2D eigenvalue weighted by Gasteiger charge is -2.38. The summed E-state index contributed by atoms with van der Waals surface area (Å²) in [6.07, 6.45) is 1.82. The average molecular weight is 338 g/mol. The van der Waals surface area contributed by atoms with Gasteiger partial charge >= 0.3 is 0 Å². The first-order chi connectivity index (χ1) is 12.0. The van der Waals surface area contributed by atoms with E-state index in [1.165, 1.54) is 0 Å². The highest BCUT2D eigenvalue weighted by Crippen LogP contribution is 2.18. The third kappa shape index (κ3) is 4.17. The molecule has 0 spiro atoms. The zero-order valence-electron chi connectivity index (χ0n) is 15.2. The predicted molar refractivity (Wildman–Crippen MR) is 102 cm³/mol. The number of hydrogen-bond acceptors (Lipinski definition) is 4. The molecule has 1 aromatic carbocycles. The van der Waals surface area contributed by atoms with Crippen LogP contribution in [0.4, 0.5) is 11.5 Å². The molecule has 1 N–H and O–H groups in total.